The fourth-order valence-corrected chi connectivity index (χ4v) is 4.86. The Morgan fingerprint density at radius 3 is 1.59 bits per heavy atom. The summed E-state index contributed by atoms with van der Waals surface area (Å²) in [5.74, 6) is 0.835. The number of rotatable bonds is 26. The molecule has 0 rings (SSSR count). The zero-order chi connectivity index (χ0) is 25.1. The molecule has 34 heavy (non-hydrogen) atoms. The third kappa shape index (κ3) is 25.8. The second-order valence-corrected chi connectivity index (χ2v) is 10.7. The average molecular weight is 480 g/mol. The minimum Gasteiger partial charge on any atom is -0.469 e. The van der Waals surface area contributed by atoms with Crippen molar-refractivity contribution in [3.8, 4) is 0 Å². The summed E-state index contributed by atoms with van der Waals surface area (Å²) >= 11 is 0. The van der Waals surface area contributed by atoms with Crippen LogP contribution in [0.2, 0.25) is 0 Å². The maximum Gasteiger partial charge on any atom is 0.305 e. The fraction of sp³-hybridized carbons (Fsp3) is 0.903. The Morgan fingerprint density at radius 1 is 0.676 bits per heavy atom. The summed E-state index contributed by atoms with van der Waals surface area (Å²) in [6.45, 7) is 3.57. The molecule has 1 unspecified atom stereocenters. The minimum atomic E-state index is -0.0737. The standard InChI is InChI=1S/C31H61NO2/c1-5-6-7-8-20-23-26-30(29-32(2)3)27-24-21-18-16-14-12-10-9-11-13-15-17-19-22-25-28-31(33)34-4/h9,11,30H,5-8,10,12-29H2,1-4H3. The van der Waals surface area contributed by atoms with Gasteiger partial charge in [0.25, 0.3) is 0 Å². The number of methoxy groups -OCH3 is 1. The molecule has 0 heterocycles. The van der Waals surface area contributed by atoms with Crippen LogP contribution in [0.3, 0.4) is 0 Å². The van der Waals surface area contributed by atoms with Crippen LogP contribution in [0.25, 0.3) is 0 Å². The van der Waals surface area contributed by atoms with Gasteiger partial charge in [-0.1, -0.05) is 109 Å². The Morgan fingerprint density at radius 2 is 1.12 bits per heavy atom. The van der Waals surface area contributed by atoms with Crippen molar-refractivity contribution in [2.75, 3.05) is 27.7 Å². The van der Waals surface area contributed by atoms with Crippen LogP contribution in [-0.2, 0) is 9.53 Å². The lowest BCUT2D eigenvalue weighted by Crippen LogP contribution is -2.21. The molecule has 0 aromatic heterocycles. The Hall–Kier alpha value is -0.830. The molecule has 0 saturated heterocycles. The molecule has 202 valence electrons. The van der Waals surface area contributed by atoms with E-state index in [1.807, 2.05) is 0 Å². The van der Waals surface area contributed by atoms with Crippen LogP contribution in [0.15, 0.2) is 12.2 Å². The van der Waals surface area contributed by atoms with E-state index in [4.69, 9.17) is 0 Å². The van der Waals surface area contributed by atoms with E-state index in [2.05, 4.69) is 42.8 Å². The third-order valence-electron chi connectivity index (χ3n) is 6.97. The quantitative estimate of drug-likeness (QED) is 0.0702. The predicted octanol–water partition coefficient (Wildman–Crippen LogP) is 9.50. The van der Waals surface area contributed by atoms with E-state index in [1.165, 1.54) is 136 Å². The lowest BCUT2D eigenvalue weighted by atomic mass is 9.93. The molecular weight excluding hydrogens is 418 g/mol. The van der Waals surface area contributed by atoms with Crippen molar-refractivity contribution in [2.24, 2.45) is 5.92 Å². The van der Waals surface area contributed by atoms with Gasteiger partial charge in [0.05, 0.1) is 7.11 Å². The van der Waals surface area contributed by atoms with E-state index in [0.29, 0.717) is 6.42 Å². The molecule has 0 fully saturated rings. The van der Waals surface area contributed by atoms with Gasteiger partial charge < -0.3 is 9.64 Å². The van der Waals surface area contributed by atoms with Gasteiger partial charge in [-0.25, -0.2) is 0 Å². The van der Waals surface area contributed by atoms with E-state index < -0.39 is 0 Å². The molecule has 0 spiro atoms. The largest absolute Gasteiger partial charge is 0.469 e. The lowest BCUT2D eigenvalue weighted by molar-refractivity contribution is -0.140. The number of nitrogens with zero attached hydrogens (tertiary/aromatic N) is 1. The summed E-state index contributed by atoms with van der Waals surface area (Å²) < 4.78 is 4.67. The van der Waals surface area contributed by atoms with Gasteiger partial charge in [-0.05, 0) is 65.0 Å². The van der Waals surface area contributed by atoms with Crippen LogP contribution in [0.1, 0.15) is 148 Å². The number of hydrogen-bond donors (Lipinski definition) is 0. The highest BCUT2D eigenvalue weighted by atomic mass is 16.5. The van der Waals surface area contributed by atoms with Crippen molar-refractivity contribution >= 4 is 5.97 Å². The molecule has 0 radical (unpaired) electrons. The van der Waals surface area contributed by atoms with Crippen LogP contribution in [0, 0.1) is 5.92 Å². The average Bonchev–Trinajstić information content (AvgIpc) is 2.82. The zero-order valence-corrected chi connectivity index (χ0v) is 23.8. The number of unbranched alkanes of at least 4 members (excludes halogenated alkanes) is 16. The first-order chi connectivity index (χ1) is 16.6. The van der Waals surface area contributed by atoms with E-state index in [0.717, 1.165) is 18.8 Å². The van der Waals surface area contributed by atoms with Gasteiger partial charge in [-0.2, -0.15) is 0 Å². The van der Waals surface area contributed by atoms with Gasteiger partial charge in [0.15, 0.2) is 0 Å². The number of allylic oxidation sites excluding steroid dienone is 2. The van der Waals surface area contributed by atoms with Gasteiger partial charge in [-0.3, -0.25) is 4.79 Å². The molecule has 3 nitrogen and oxygen atoms in total. The summed E-state index contributed by atoms with van der Waals surface area (Å²) in [6, 6.07) is 0. The summed E-state index contributed by atoms with van der Waals surface area (Å²) in [6.07, 6.45) is 33.5. The molecule has 0 aromatic rings. The Labute approximate surface area is 214 Å². The van der Waals surface area contributed by atoms with Crippen LogP contribution >= 0.6 is 0 Å². The van der Waals surface area contributed by atoms with Crippen LogP contribution in [-0.4, -0.2) is 38.6 Å². The molecule has 0 N–H and O–H groups in total. The highest BCUT2D eigenvalue weighted by Gasteiger charge is 2.09. The first-order valence-electron chi connectivity index (χ1n) is 15.0. The van der Waals surface area contributed by atoms with E-state index in [9.17, 15) is 4.79 Å². The fourth-order valence-electron chi connectivity index (χ4n) is 4.86. The van der Waals surface area contributed by atoms with Crippen LogP contribution in [0.5, 0.6) is 0 Å². The molecule has 0 saturated carbocycles. The first-order valence-corrected chi connectivity index (χ1v) is 15.0. The molecule has 0 aliphatic rings. The first kappa shape index (κ1) is 33.2. The van der Waals surface area contributed by atoms with E-state index in [1.54, 1.807) is 0 Å². The molecule has 0 aliphatic heterocycles. The van der Waals surface area contributed by atoms with Crippen LogP contribution in [0.4, 0.5) is 0 Å². The van der Waals surface area contributed by atoms with Crippen molar-refractivity contribution < 1.29 is 9.53 Å². The topological polar surface area (TPSA) is 29.5 Å². The summed E-state index contributed by atoms with van der Waals surface area (Å²) in [5, 5.41) is 0. The van der Waals surface area contributed by atoms with Crippen molar-refractivity contribution in [3.05, 3.63) is 12.2 Å². The summed E-state index contributed by atoms with van der Waals surface area (Å²) in [7, 11) is 5.94. The highest BCUT2D eigenvalue weighted by molar-refractivity contribution is 5.68. The second-order valence-electron chi connectivity index (χ2n) is 10.7. The second kappa shape index (κ2) is 26.8. The number of ether oxygens (including phenoxy) is 1. The van der Waals surface area contributed by atoms with E-state index >= 15 is 0 Å². The SMILES string of the molecule is CCCCCCCCC(CCCCCCCCC=CCCCCCCCC(=O)OC)CN(C)C. The van der Waals surface area contributed by atoms with Gasteiger partial charge in [0, 0.05) is 13.0 Å². The normalized spacial score (nSPS) is 12.6. The van der Waals surface area contributed by atoms with Gasteiger partial charge in [-0.15, -0.1) is 0 Å². The molecule has 0 aliphatic carbocycles. The zero-order valence-electron chi connectivity index (χ0n) is 23.8. The summed E-state index contributed by atoms with van der Waals surface area (Å²) in [4.78, 5) is 13.4. The maximum absolute atomic E-state index is 11.0. The monoisotopic (exact) mass is 479 g/mol. The molecule has 0 aromatic carbocycles. The van der Waals surface area contributed by atoms with Crippen molar-refractivity contribution in [1.29, 1.82) is 0 Å². The smallest absolute Gasteiger partial charge is 0.305 e. The summed E-state index contributed by atoms with van der Waals surface area (Å²) in [5.41, 5.74) is 0. The maximum atomic E-state index is 11.0. The molecule has 3 heteroatoms. The number of carbonyl (C=O) groups is 1. The number of hydrogen-bond acceptors (Lipinski definition) is 3. The number of esters is 1. The minimum absolute atomic E-state index is 0.0737. The molecule has 0 amide bonds. The highest BCUT2D eigenvalue weighted by Crippen LogP contribution is 2.20. The van der Waals surface area contributed by atoms with Crippen molar-refractivity contribution in [3.63, 3.8) is 0 Å². The molecule has 0 bridgehead atoms. The number of carbonyl (C=O) groups excluding carboxylic acids is 1. The van der Waals surface area contributed by atoms with E-state index in [-0.39, 0.29) is 5.97 Å². The lowest BCUT2D eigenvalue weighted by Gasteiger charge is -2.21. The van der Waals surface area contributed by atoms with Gasteiger partial charge in [0.2, 0.25) is 0 Å². The van der Waals surface area contributed by atoms with Crippen molar-refractivity contribution in [1.82, 2.24) is 4.90 Å². The molecule has 1 atom stereocenters. The Kier molecular flexibility index (Phi) is 26.1. The van der Waals surface area contributed by atoms with Gasteiger partial charge >= 0.3 is 5.97 Å². The third-order valence-corrected chi connectivity index (χ3v) is 6.97. The molecular formula is C31H61NO2. The predicted molar refractivity (Wildman–Crippen MR) is 150 cm³/mol. The van der Waals surface area contributed by atoms with Crippen molar-refractivity contribution in [2.45, 2.75) is 148 Å². The van der Waals surface area contributed by atoms with Crippen LogP contribution < -0.4 is 0 Å². The Balaban J connectivity index is 3.49. The Bertz CT molecular complexity index is 447. The van der Waals surface area contributed by atoms with Gasteiger partial charge in [0.1, 0.15) is 0 Å².